The van der Waals surface area contributed by atoms with Crippen LogP contribution in [-0.4, -0.2) is 77.3 Å². The van der Waals surface area contributed by atoms with Gasteiger partial charge in [0.25, 0.3) is 11.8 Å². The summed E-state index contributed by atoms with van der Waals surface area (Å²) < 4.78 is 0. The van der Waals surface area contributed by atoms with Crippen LogP contribution in [-0.2, 0) is 11.3 Å². The molecule has 0 spiro atoms. The summed E-state index contributed by atoms with van der Waals surface area (Å²) in [4.78, 5) is 31.2. The zero-order valence-electron chi connectivity index (χ0n) is 17.2. The number of hydroxylamine groups is 1. The molecule has 8 nitrogen and oxygen atoms in total. The van der Waals surface area contributed by atoms with E-state index in [2.05, 4.69) is 34.3 Å². The molecule has 2 atom stereocenters. The van der Waals surface area contributed by atoms with Crippen LogP contribution in [0.1, 0.15) is 22.2 Å². The van der Waals surface area contributed by atoms with Crippen molar-refractivity contribution in [1.82, 2.24) is 20.6 Å². The van der Waals surface area contributed by atoms with E-state index in [1.807, 2.05) is 12.1 Å². The van der Waals surface area contributed by atoms with Gasteiger partial charge in [0.05, 0.1) is 6.10 Å². The predicted octanol–water partition coefficient (Wildman–Crippen LogP) is 1.15. The molecular formula is C21H28N4O4S. The molecule has 1 fully saturated rings. The van der Waals surface area contributed by atoms with E-state index >= 15 is 0 Å². The van der Waals surface area contributed by atoms with Gasteiger partial charge in [-0.2, -0.15) is 0 Å². The Hall–Kier alpha value is -2.30. The molecule has 2 aromatic rings. The molecule has 1 saturated heterocycles. The molecule has 0 radical (unpaired) electrons. The first-order chi connectivity index (χ1) is 14.4. The topological polar surface area (TPSA) is 105 Å². The van der Waals surface area contributed by atoms with Crippen LogP contribution in [0.3, 0.4) is 0 Å². The lowest BCUT2D eigenvalue weighted by atomic mass is 10.1. The lowest BCUT2D eigenvalue weighted by Gasteiger charge is -2.31. The molecule has 1 aromatic carbocycles. The fourth-order valence-corrected chi connectivity index (χ4v) is 4.39. The van der Waals surface area contributed by atoms with E-state index in [1.165, 1.54) is 17.3 Å². The van der Waals surface area contributed by atoms with Crippen molar-refractivity contribution >= 4 is 23.2 Å². The van der Waals surface area contributed by atoms with Crippen LogP contribution in [0, 0.1) is 0 Å². The Morgan fingerprint density at radius 3 is 2.37 bits per heavy atom. The molecule has 30 heavy (non-hydrogen) atoms. The summed E-state index contributed by atoms with van der Waals surface area (Å²) in [5.74, 6) is -1.38. The number of rotatable bonds is 7. The number of carbonyl (C=O) groups is 2. The van der Waals surface area contributed by atoms with Gasteiger partial charge < -0.3 is 15.3 Å². The fourth-order valence-electron chi connectivity index (χ4n) is 3.33. The number of likely N-dealkylation sites (N-methyl/N-ethyl adjacent to an activating group) is 1. The first kappa shape index (κ1) is 22.4. The zero-order valence-corrected chi connectivity index (χ0v) is 18.0. The number of nitrogens with one attached hydrogen (secondary N) is 2. The summed E-state index contributed by atoms with van der Waals surface area (Å²) in [6.07, 6.45) is -1.15. The molecule has 2 heterocycles. The maximum Gasteiger partial charge on any atom is 0.268 e. The lowest BCUT2D eigenvalue weighted by Crippen LogP contribution is -2.51. The second-order valence-corrected chi connectivity index (χ2v) is 8.76. The molecule has 0 unspecified atom stereocenters. The third kappa shape index (κ3) is 5.65. The third-order valence-corrected chi connectivity index (χ3v) is 6.35. The largest absolute Gasteiger partial charge is 0.391 e. The van der Waals surface area contributed by atoms with Crippen LogP contribution in [0.15, 0.2) is 36.4 Å². The third-order valence-electron chi connectivity index (χ3n) is 5.23. The fraction of sp³-hybridized carbons (Fsp3) is 0.429. The monoisotopic (exact) mass is 432 g/mol. The molecule has 0 saturated carbocycles. The van der Waals surface area contributed by atoms with Gasteiger partial charge in [-0.3, -0.25) is 19.7 Å². The van der Waals surface area contributed by atoms with Crippen molar-refractivity contribution in [2.45, 2.75) is 25.6 Å². The lowest BCUT2D eigenvalue weighted by molar-refractivity contribution is -0.133. The molecule has 2 amide bonds. The summed E-state index contributed by atoms with van der Waals surface area (Å²) in [5, 5.41) is 20.8. The van der Waals surface area contributed by atoms with Gasteiger partial charge in [-0.05, 0) is 43.8 Å². The minimum Gasteiger partial charge on any atom is -0.391 e. The van der Waals surface area contributed by atoms with Crippen molar-refractivity contribution < 1.29 is 19.9 Å². The van der Waals surface area contributed by atoms with Gasteiger partial charge in [-0.25, -0.2) is 5.48 Å². The van der Waals surface area contributed by atoms with E-state index in [0.29, 0.717) is 5.56 Å². The highest BCUT2D eigenvalue weighted by Gasteiger charge is 2.25. The molecule has 4 N–H and O–H groups in total. The summed E-state index contributed by atoms with van der Waals surface area (Å²) in [7, 11) is 2.15. The number of thiophene rings is 1. The van der Waals surface area contributed by atoms with Gasteiger partial charge >= 0.3 is 0 Å². The smallest absolute Gasteiger partial charge is 0.268 e. The van der Waals surface area contributed by atoms with Crippen molar-refractivity contribution in [2.75, 3.05) is 33.2 Å². The number of nitrogens with zero attached hydrogens (tertiary/aromatic N) is 2. The number of piperazine rings is 1. The SMILES string of the molecule is C[C@@H](O)[C@H](NC(=O)c1ccc(-c2ccc(CN3CCN(C)CC3)s2)cc1)C(=O)NO. The van der Waals surface area contributed by atoms with Crippen molar-refractivity contribution in [2.24, 2.45) is 0 Å². The van der Waals surface area contributed by atoms with E-state index in [0.717, 1.165) is 43.2 Å². The van der Waals surface area contributed by atoms with Gasteiger partial charge in [0.15, 0.2) is 0 Å². The maximum atomic E-state index is 12.4. The van der Waals surface area contributed by atoms with Crippen LogP contribution in [0.25, 0.3) is 10.4 Å². The maximum absolute atomic E-state index is 12.4. The van der Waals surface area contributed by atoms with Crippen LogP contribution in [0.5, 0.6) is 0 Å². The Balaban J connectivity index is 1.62. The van der Waals surface area contributed by atoms with Crippen molar-refractivity contribution in [3.63, 3.8) is 0 Å². The van der Waals surface area contributed by atoms with Crippen LogP contribution >= 0.6 is 11.3 Å². The summed E-state index contributed by atoms with van der Waals surface area (Å²) in [6, 6.07) is 10.1. The average Bonchev–Trinajstić information content (AvgIpc) is 3.21. The van der Waals surface area contributed by atoms with Crippen LogP contribution in [0.4, 0.5) is 0 Å². The van der Waals surface area contributed by atoms with Gasteiger partial charge in [0.1, 0.15) is 6.04 Å². The molecular weight excluding hydrogens is 404 g/mol. The number of carbonyl (C=O) groups excluding carboxylic acids is 2. The van der Waals surface area contributed by atoms with E-state index < -0.39 is 24.0 Å². The molecule has 1 aliphatic heterocycles. The number of hydrogen-bond acceptors (Lipinski definition) is 7. The molecule has 0 aliphatic carbocycles. The van der Waals surface area contributed by atoms with Crippen LogP contribution in [0.2, 0.25) is 0 Å². The number of aliphatic hydroxyl groups is 1. The molecule has 3 rings (SSSR count). The Morgan fingerprint density at radius 2 is 1.77 bits per heavy atom. The summed E-state index contributed by atoms with van der Waals surface area (Å²) >= 11 is 1.75. The van der Waals surface area contributed by atoms with Gasteiger partial charge in [-0.1, -0.05) is 12.1 Å². The number of hydrogen-bond donors (Lipinski definition) is 4. The Morgan fingerprint density at radius 1 is 1.10 bits per heavy atom. The van der Waals surface area contributed by atoms with Crippen molar-refractivity contribution in [1.29, 1.82) is 0 Å². The summed E-state index contributed by atoms with van der Waals surface area (Å²) in [6.45, 7) is 6.66. The second-order valence-electron chi connectivity index (χ2n) is 7.59. The van der Waals surface area contributed by atoms with Gasteiger partial charge in [0, 0.05) is 48.0 Å². The second kappa shape index (κ2) is 10.1. The molecule has 162 valence electrons. The Labute approximate surface area is 180 Å². The molecule has 0 bridgehead atoms. The highest BCUT2D eigenvalue weighted by atomic mass is 32.1. The van der Waals surface area contributed by atoms with E-state index in [1.54, 1.807) is 23.5 Å². The predicted molar refractivity (Wildman–Crippen MR) is 115 cm³/mol. The highest BCUT2D eigenvalue weighted by molar-refractivity contribution is 7.15. The standard InChI is InChI=1S/C21H28N4O4S/c1-14(26)19(21(28)23-29)22-20(27)16-5-3-15(4-6-16)18-8-7-17(30-18)13-25-11-9-24(2)10-12-25/h3-8,14,19,26,29H,9-13H2,1-2H3,(H,22,27)(H,23,28)/t14-,19+/m1/s1. The normalized spacial score (nSPS) is 17.3. The summed E-state index contributed by atoms with van der Waals surface area (Å²) in [5.41, 5.74) is 2.83. The minimum absolute atomic E-state index is 0.365. The molecule has 1 aliphatic rings. The van der Waals surface area contributed by atoms with E-state index in [-0.39, 0.29) is 0 Å². The van der Waals surface area contributed by atoms with E-state index in [4.69, 9.17) is 5.21 Å². The number of aliphatic hydroxyl groups excluding tert-OH is 1. The quantitative estimate of drug-likeness (QED) is 0.386. The van der Waals surface area contributed by atoms with Gasteiger partial charge in [0.2, 0.25) is 0 Å². The number of benzene rings is 1. The highest BCUT2D eigenvalue weighted by Crippen LogP contribution is 2.29. The van der Waals surface area contributed by atoms with E-state index in [9.17, 15) is 14.7 Å². The molecule has 9 heteroatoms. The van der Waals surface area contributed by atoms with Crippen molar-refractivity contribution in [3.8, 4) is 10.4 Å². The first-order valence-corrected chi connectivity index (χ1v) is 10.7. The Kier molecular flexibility index (Phi) is 7.57. The zero-order chi connectivity index (χ0) is 21.7. The van der Waals surface area contributed by atoms with Gasteiger partial charge in [-0.15, -0.1) is 11.3 Å². The molecule has 1 aromatic heterocycles. The first-order valence-electron chi connectivity index (χ1n) is 9.90. The van der Waals surface area contributed by atoms with Crippen molar-refractivity contribution in [3.05, 3.63) is 46.8 Å². The minimum atomic E-state index is -1.24. The number of amides is 2. The average molecular weight is 433 g/mol. The Bertz CT molecular complexity index is 860. The van der Waals surface area contributed by atoms with Crippen LogP contribution < -0.4 is 10.8 Å².